The lowest BCUT2D eigenvalue weighted by molar-refractivity contribution is 0.953. The second-order valence-corrected chi connectivity index (χ2v) is 17.2. The normalized spacial score (nSPS) is 11.5. The molecule has 0 fully saturated rings. The van der Waals surface area contributed by atoms with Gasteiger partial charge in [0, 0.05) is 43.8 Å². The fourth-order valence-electron chi connectivity index (χ4n) is 10.1. The number of para-hydroxylation sites is 3. The zero-order valence-corrected chi connectivity index (χ0v) is 36.9. The average molecular weight is 868 g/mol. The van der Waals surface area contributed by atoms with E-state index in [2.05, 4.69) is 240 Å². The smallest absolute Gasteiger partial charge is 0.238 e. The van der Waals surface area contributed by atoms with Crippen LogP contribution in [0.3, 0.4) is 0 Å². The first-order valence-corrected chi connectivity index (χ1v) is 23.0. The lowest BCUT2D eigenvalue weighted by Gasteiger charge is -2.20. The van der Waals surface area contributed by atoms with E-state index < -0.39 is 0 Å². The predicted octanol–water partition coefficient (Wildman–Crippen LogP) is 16.1. The molecule has 3 aromatic heterocycles. The van der Waals surface area contributed by atoms with Crippen LogP contribution in [0.4, 0.5) is 0 Å². The van der Waals surface area contributed by atoms with E-state index in [4.69, 9.17) is 15.0 Å². The Labute approximate surface area is 393 Å². The summed E-state index contributed by atoms with van der Waals surface area (Å²) in [5.74, 6) is 1.73. The minimum Gasteiger partial charge on any atom is -0.306 e. The van der Waals surface area contributed by atoms with Gasteiger partial charge in [-0.2, -0.15) is 9.97 Å². The van der Waals surface area contributed by atoms with Gasteiger partial charge in [0.1, 0.15) is 0 Å². The molecule has 0 radical (unpaired) electrons. The molecule has 0 bridgehead atoms. The summed E-state index contributed by atoms with van der Waals surface area (Å²) in [4.78, 5) is 16.2. The highest BCUT2D eigenvalue weighted by molar-refractivity contribution is 6.24. The summed E-state index contributed by atoms with van der Waals surface area (Å²) in [5.41, 5.74) is 16.2. The van der Waals surface area contributed by atoms with Crippen molar-refractivity contribution in [1.29, 1.82) is 0 Å². The number of nitrogens with zero attached hydrogens (tertiary/aromatic N) is 5. The van der Waals surface area contributed by atoms with Crippen molar-refractivity contribution in [2.45, 2.75) is 0 Å². The molecule has 0 unspecified atom stereocenters. The minimum absolute atomic E-state index is 0.542. The van der Waals surface area contributed by atoms with E-state index in [-0.39, 0.29) is 0 Å². The van der Waals surface area contributed by atoms with Crippen LogP contribution in [0.2, 0.25) is 0 Å². The van der Waals surface area contributed by atoms with E-state index in [1.165, 1.54) is 11.1 Å². The van der Waals surface area contributed by atoms with Crippen molar-refractivity contribution < 1.29 is 0 Å². The van der Waals surface area contributed by atoms with Crippen molar-refractivity contribution in [2.75, 3.05) is 0 Å². The maximum atomic E-state index is 5.50. The zero-order chi connectivity index (χ0) is 45.0. The Hall–Kier alpha value is -9.19. The third-order valence-corrected chi connectivity index (χ3v) is 13.2. The average Bonchev–Trinajstić information content (AvgIpc) is 3.95. The summed E-state index contributed by atoms with van der Waals surface area (Å²) in [6.45, 7) is 0. The van der Waals surface area contributed by atoms with Gasteiger partial charge < -0.3 is 4.57 Å². The second kappa shape index (κ2) is 16.4. The summed E-state index contributed by atoms with van der Waals surface area (Å²) in [6.07, 6.45) is 0. The molecular formula is C63H41N5. The molecule has 5 heteroatoms. The molecule has 0 saturated carbocycles. The maximum absolute atomic E-state index is 5.50. The molecule has 5 nitrogen and oxygen atoms in total. The minimum atomic E-state index is 0.542. The van der Waals surface area contributed by atoms with E-state index in [1.807, 2.05) is 18.2 Å². The molecule has 0 saturated heterocycles. The lowest BCUT2D eigenvalue weighted by atomic mass is 9.95. The molecule has 0 N–H and O–H groups in total. The molecule has 318 valence electrons. The van der Waals surface area contributed by atoms with Gasteiger partial charge in [0.15, 0.2) is 11.6 Å². The highest BCUT2D eigenvalue weighted by Crippen LogP contribution is 2.45. The molecule has 0 aliphatic rings. The van der Waals surface area contributed by atoms with Gasteiger partial charge in [0.05, 0.1) is 27.8 Å². The van der Waals surface area contributed by atoms with Gasteiger partial charge in [0.25, 0.3) is 0 Å². The molecule has 13 aromatic rings. The SMILES string of the molecule is c1ccc(-c2cccc(-c3cccc(-c4nc(-c5ccccc5)nc(-n5c6ccccc6c6ccc7c8ccccc8n(-c8c(-c9ccccc9)cccc8-c8ccccc8)c7c65)n4)c3)c2)cc1. The quantitative estimate of drug-likeness (QED) is 0.153. The van der Waals surface area contributed by atoms with Gasteiger partial charge >= 0.3 is 0 Å². The van der Waals surface area contributed by atoms with E-state index in [0.29, 0.717) is 17.6 Å². The van der Waals surface area contributed by atoms with Crippen LogP contribution in [-0.4, -0.2) is 24.1 Å². The molecular weight excluding hydrogens is 827 g/mol. The molecule has 0 amide bonds. The molecule has 3 heterocycles. The molecule has 10 aromatic carbocycles. The Morgan fingerprint density at radius 3 is 1.19 bits per heavy atom. The first-order valence-electron chi connectivity index (χ1n) is 23.0. The summed E-state index contributed by atoms with van der Waals surface area (Å²) >= 11 is 0. The van der Waals surface area contributed by atoms with E-state index in [9.17, 15) is 0 Å². The summed E-state index contributed by atoms with van der Waals surface area (Å²) in [5, 5.41) is 4.53. The third kappa shape index (κ3) is 6.59. The Balaban J connectivity index is 1.12. The first-order chi connectivity index (χ1) is 33.7. The van der Waals surface area contributed by atoms with Crippen LogP contribution in [0.15, 0.2) is 249 Å². The first kappa shape index (κ1) is 39.2. The highest BCUT2D eigenvalue weighted by Gasteiger charge is 2.26. The highest BCUT2D eigenvalue weighted by atomic mass is 15.2. The monoisotopic (exact) mass is 867 g/mol. The van der Waals surface area contributed by atoms with Crippen LogP contribution in [0.5, 0.6) is 0 Å². The molecule has 0 atom stereocenters. The topological polar surface area (TPSA) is 48.5 Å². The molecule has 0 aliphatic heterocycles. The Morgan fingerprint density at radius 1 is 0.250 bits per heavy atom. The van der Waals surface area contributed by atoms with Gasteiger partial charge in [-0.3, -0.25) is 4.57 Å². The van der Waals surface area contributed by atoms with Crippen LogP contribution >= 0.6 is 0 Å². The second-order valence-electron chi connectivity index (χ2n) is 17.2. The van der Waals surface area contributed by atoms with E-state index in [0.717, 1.165) is 93.8 Å². The molecule has 13 rings (SSSR count). The van der Waals surface area contributed by atoms with Gasteiger partial charge in [-0.25, -0.2) is 4.98 Å². The van der Waals surface area contributed by atoms with E-state index in [1.54, 1.807) is 0 Å². The fraction of sp³-hybridized carbons (Fsp3) is 0. The summed E-state index contributed by atoms with van der Waals surface area (Å²) < 4.78 is 4.78. The molecule has 68 heavy (non-hydrogen) atoms. The third-order valence-electron chi connectivity index (χ3n) is 13.2. The zero-order valence-electron chi connectivity index (χ0n) is 36.9. The van der Waals surface area contributed by atoms with Crippen LogP contribution in [0.25, 0.3) is 123 Å². The maximum Gasteiger partial charge on any atom is 0.238 e. The van der Waals surface area contributed by atoms with Crippen molar-refractivity contribution in [3.8, 4) is 78.9 Å². The van der Waals surface area contributed by atoms with Gasteiger partial charge in [0.2, 0.25) is 5.95 Å². The van der Waals surface area contributed by atoms with Crippen molar-refractivity contribution >= 4 is 43.6 Å². The molecule has 0 spiro atoms. The van der Waals surface area contributed by atoms with Gasteiger partial charge in [-0.1, -0.05) is 224 Å². The molecule has 0 aliphatic carbocycles. The number of hydrogen-bond acceptors (Lipinski definition) is 3. The standard InChI is InChI=1S/C63H41N5/c1-5-20-42(21-6-1)46-28-17-29-47(40-46)48-30-18-31-49(41-48)62-64-61(45-26-11-4-12-27-45)65-63(66-62)68-57-37-16-14-33-53(57)55-39-38-54-52-32-13-15-36-56(52)67(59(54)60(55)68)58-50(43-22-7-2-8-23-43)34-19-35-51(58)44-24-9-3-10-25-44/h1-41H. The van der Waals surface area contributed by atoms with Crippen molar-refractivity contribution in [3.63, 3.8) is 0 Å². The number of fused-ring (bicyclic) bond motifs is 7. The number of hydrogen-bond donors (Lipinski definition) is 0. The lowest BCUT2D eigenvalue weighted by Crippen LogP contribution is -2.07. The Bertz CT molecular complexity index is 3950. The number of aromatic nitrogens is 5. The number of benzene rings is 10. The summed E-state index contributed by atoms with van der Waals surface area (Å²) in [6, 6.07) is 88.2. The van der Waals surface area contributed by atoms with Crippen LogP contribution < -0.4 is 0 Å². The fourth-order valence-corrected chi connectivity index (χ4v) is 10.1. The van der Waals surface area contributed by atoms with Crippen molar-refractivity contribution in [3.05, 3.63) is 249 Å². The van der Waals surface area contributed by atoms with Crippen LogP contribution in [0.1, 0.15) is 0 Å². The van der Waals surface area contributed by atoms with Crippen molar-refractivity contribution in [2.24, 2.45) is 0 Å². The Kier molecular flexibility index (Phi) is 9.43. The summed E-state index contributed by atoms with van der Waals surface area (Å²) in [7, 11) is 0. The number of rotatable bonds is 8. The Morgan fingerprint density at radius 2 is 0.632 bits per heavy atom. The van der Waals surface area contributed by atoms with Gasteiger partial charge in [-0.05, 0) is 57.6 Å². The van der Waals surface area contributed by atoms with Crippen LogP contribution in [-0.2, 0) is 0 Å². The predicted molar refractivity (Wildman–Crippen MR) is 281 cm³/mol. The van der Waals surface area contributed by atoms with E-state index >= 15 is 0 Å². The van der Waals surface area contributed by atoms with Crippen molar-refractivity contribution in [1.82, 2.24) is 24.1 Å². The van der Waals surface area contributed by atoms with Crippen LogP contribution in [0, 0.1) is 0 Å². The largest absolute Gasteiger partial charge is 0.306 e. The van der Waals surface area contributed by atoms with Gasteiger partial charge in [-0.15, -0.1) is 0 Å².